The number of amides is 1. The predicted molar refractivity (Wildman–Crippen MR) is 88.9 cm³/mol. The summed E-state index contributed by atoms with van der Waals surface area (Å²) in [4.78, 5) is 12.4. The molecule has 1 aliphatic rings. The number of aliphatic hydroxyl groups excluding tert-OH is 1. The van der Waals surface area contributed by atoms with Crippen LogP contribution in [-0.2, 0) is 0 Å². The first-order valence-electron chi connectivity index (χ1n) is 8.16. The Labute approximate surface area is 131 Å². The first-order valence-corrected chi connectivity index (χ1v) is 8.16. The van der Waals surface area contributed by atoms with Crippen LogP contribution in [0.3, 0.4) is 0 Å². The number of hydrogen-bond acceptors (Lipinski definition) is 2. The number of carbonyl (C=O) groups is 1. The largest absolute Gasteiger partial charge is 0.389 e. The SMILES string of the molecule is CC(O)c1ccc2cc(C(=O)NC3CCCCC3)ccc2c1. The van der Waals surface area contributed by atoms with Crippen LogP contribution in [0, 0.1) is 0 Å². The highest BCUT2D eigenvalue weighted by Crippen LogP contribution is 2.22. The Balaban J connectivity index is 1.79. The number of fused-ring (bicyclic) bond motifs is 1. The molecule has 1 atom stereocenters. The Hall–Kier alpha value is -1.87. The number of nitrogens with one attached hydrogen (secondary N) is 1. The molecule has 0 bridgehead atoms. The molecule has 0 saturated heterocycles. The normalized spacial score (nSPS) is 17.4. The van der Waals surface area contributed by atoms with Gasteiger partial charge in [-0.25, -0.2) is 0 Å². The van der Waals surface area contributed by atoms with Gasteiger partial charge in [0.2, 0.25) is 0 Å². The van der Waals surface area contributed by atoms with Crippen molar-refractivity contribution >= 4 is 16.7 Å². The lowest BCUT2D eigenvalue weighted by molar-refractivity contribution is 0.0928. The predicted octanol–water partition coefficient (Wildman–Crippen LogP) is 3.96. The maximum Gasteiger partial charge on any atom is 0.251 e. The Bertz CT molecular complexity index is 672. The van der Waals surface area contributed by atoms with Gasteiger partial charge in [-0.1, -0.05) is 37.5 Å². The van der Waals surface area contributed by atoms with Gasteiger partial charge in [0.15, 0.2) is 0 Å². The molecule has 0 aliphatic heterocycles. The maximum absolute atomic E-state index is 12.4. The number of aliphatic hydroxyl groups is 1. The van der Waals surface area contributed by atoms with Crippen LogP contribution in [0.4, 0.5) is 0 Å². The molecule has 1 amide bonds. The van der Waals surface area contributed by atoms with Crippen molar-refractivity contribution in [1.29, 1.82) is 0 Å². The van der Waals surface area contributed by atoms with Gasteiger partial charge in [0.1, 0.15) is 0 Å². The number of carbonyl (C=O) groups excluding carboxylic acids is 1. The summed E-state index contributed by atoms with van der Waals surface area (Å²) >= 11 is 0. The van der Waals surface area contributed by atoms with Crippen LogP contribution >= 0.6 is 0 Å². The van der Waals surface area contributed by atoms with E-state index in [-0.39, 0.29) is 5.91 Å². The molecule has 1 saturated carbocycles. The molecule has 3 rings (SSSR count). The molecule has 3 heteroatoms. The third-order valence-electron chi connectivity index (χ3n) is 4.55. The molecule has 2 aromatic rings. The molecule has 0 spiro atoms. The molecule has 3 nitrogen and oxygen atoms in total. The van der Waals surface area contributed by atoms with Crippen LogP contribution in [0.2, 0.25) is 0 Å². The third kappa shape index (κ3) is 3.30. The van der Waals surface area contributed by atoms with Gasteiger partial charge < -0.3 is 10.4 Å². The second-order valence-electron chi connectivity index (χ2n) is 6.31. The van der Waals surface area contributed by atoms with Crippen LogP contribution in [0.15, 0.2) is 36.4 Å². The topological polar surface area (TPSA) is 49.3 Å². The fourth-order valence-electron chi connectivity index (χ4n) is 3.18. The summed E-state index contributed by atoms with van der Waals surface area (Å²) in [7, 11) is 0. The second-order valence-corrected chi connectivity index (χ2v) is 6.31. The summed E-state index contributed by atoms with van der Waals surface area (Å²) < 4.78 is 0. The van der Waals surface area contributed by atoms with E-state index in [0.717, 1.165) is 29.2 Å². The second kappa shape index (κ2) is 6.49. The van der Waals surface area contributed by atoms with Crippen molar-refractivity contribution in [2.75, 3.05) is 0 Å². The fraction of sp³-hybridized carbons (Fsp3) is 0.421. The summed E-state index contributed by atoms with van der Waals surface area (Å²) in [6.45, 7) is 1.76. The average molecular weight is 297 g/mol. The van der Waals surface area contributed by atoms with E-state index in [2.05, 4.69) is 5.32 Å². The van der Waals surface area contributed by atoms with Gasteiger partial charge in [-0.2, -0.15) is 0 Å². The summed E-state index contributed by atoms with van der Waals surface area (Å²) in [6, 6.07) is 11.9. The van der Waals surface area contributed by atoms with E-state index in [1.165, 1.54) is 19.3 Å². The van der Waals surface area contributed by atoms with Crippen molar-refractivity contribution in [3.8, 4) is 0 Å². The molecule has 0 radical (unpaired) electrons. The van der Waals surface area contributed by atoms with E-state index in [1.54, 1.807) is 6.92 Å². The summed E-state index contributed by atoms with van der Waals surface area (Å²) in [5.41, 5.74) is 1.61. The molecule has 0 heterocycles. The molecule has 1 aliphatic carbocycles. The fourth-order valence-corrected chi connectivity index (χ4v) is 3.18. The highest BCUT2D eigenvalue weighted by atomic mass is 16.3. The van der Waals surface area contributed by atoms with Crippen LogP contribution in [-0.4, -0.2) is 17.1 Å². The van der Waals surface area contributed by atoms with Crippen LogP contribution in [0.25, 0.3) is 10.8 Å². The van der Waals surface area contributed by atoms with E-state index in [4.69, 9.17) is 0 Å². The van der Waals surface area contributed by atoms with E-state index in [9.17, 15) is 9.90 Å². The minimum Gasteiger partial charge on any atom is -0.389 e. The minimum atomic E-state index is -0.473. The Morgan fingerprint density at radius 3 is 2.50 bits per heavy atom. The van der Waals surface area contributed by atoms with Crippen molar-refractivity contribution in [3.63, 3.8) is 0 Å². The standard InChI is InChI=1S/C19H23NO2/c1-13(21)14-7-8-16-12-17(10-9-15(16)11-14)19(22)20-18-5-3-2-4-6-18/h7-13,18,21H,2-6H2,1H3,(H,20,22). The molecule has 2 N–H and O–H groups in total. The van der Waals surface area contributed by atoms with Gasteiger partial charge >= 0.3 is 0 Å². The van der Waals surface area contributed by atoms with E-state index >= 15 is 0 Å². The molecular formula is C19H23NO2. The smallest absolute Gasteiger partial charge is 0.251 e. The van der Waals surface area contributed by atoms with Gasteiger partial charge in [-0.05, 0) is 54.3 Å². The van der Waals surface area contributed by atoms with E-state index in [1.807, 2.05) is 36.4 Å². The van der Waals surface area contributed by atoms with Gasteiger partial charge in [0.25, 0.3) is 5.91 Å². The van der Waals surface area contributed by atoms with Crippen LogP contribution < -0.4 is 5.32 Å². The van der Waals surface area contributed by atoms with Crippen molar-refractivity contribution in [3.05, 3.63) is 47.5 Å². The lowest BCUT2D eigenvalue weighted by Crippen LogP contribution is -2.36. The van der Waals surface area contributed by atoms with Gasteiger partial charge in [-0.15, -0.1) is 0 Å². The highest BCUT2D eigenvalue weighted by Gasteiger charge is 2.16. The monoisotopic (exact) mass is 297 g/mol. The van der Waals surface area contributed by atoms with E-state index < -0.39 is 6.10 Å². The number of benzene rings is 2. The zero-order chi connectivity index (χ0) is 15.5. The first kappa shape index (κ1) is 15.0. The third-order valence-corrected chi connectivity index (χ3v) is 4.55. The average Bonchev–Trinajstić information content (AvgIpc) is 2.54. The Morgan fingerprint density at radius 1 is 1.09 bits per heavy atom. The summed E-state index contributed by atoms with van der Waals surface area (Å²) in [6.07, 6.45) is 5.43. The van der Waals surface area contributed by atoms with Crippen molar-refractivity contribution in [2.45, 2.75) is 51.2 Å². The molecule has 1 unspecified atom stereocenters. The van der Waals surface area contributed by atoms with Gasteiger partial charge in [0.05, 0.1) is 6.10 Å². The quantitative estimate of drug-likeness (QED) is 0.901. The lowest BCUT2D eigenvalue weighted by Gasteiger charge is -2.22. The Morgan fingerprint density at radius 2 is 1.77 bits per heavy atom. The zero-order valence-electron chi connectivity index (χ0n) is 13.0. The summed E-state index contributed by atoms with van der Waals surface area (Å²) in [5, 5.41) is 14.9. The maximum atomic E-state index is 12.4. The van der Waals surface area contributed by atoms with Crippen LogP contribution in [0.1, 0.15) is 61.1 Å². The lowest BCUT2D eigenvalue weighted by atomic mass is 9.95. The van der Waals surface area contributed by atoms with Crippen molar-refractivity contribution in [2.24, 2.45) is 0 Å². The molecule has 22 heavy (non-hydrogen) atoms. The molecule has 116 valence electrons. The number of rotatable bonds is 3. The number of hydrogen-bond donors (Lipinski definition) is 2. The van der Waals surface area contributed by atoms with Gasteiger partial charge in [0, 0.05) is 11.6 Å². The zero-order valence-corrected chi connectivity index (χ0v) is 13.0. The molecule has 1 fully saturated rings. The Kier molecular flexibility index (Phi) is 4.44. The minimum absolute atomic E-state index is 0.0217. The van der Waals surface area contributed by atoms with Gasteiger partial charge in [-0.3, -0.25) is 4.79 Å². The van der Waals surface area contributed by atoms with Crippen molar-refractivity contribution < 1.29 is 9.90 Å². The van der Waals surface area contributed by atoms with Crippen LogP contribution in [0.5, 0.6) is 0 Å². The molecular weight excluding hydrogens is 274 g/mol. The summed E-state index contributed by atoms with van der Waals surface area (Å²) in [5.74, 6) is 0.0217. The first-order chi connectivity index (χ1) is 10.6. The van der Waals surface area contributed by atoms with Crippen molar-refractivity contribution in [1.82, 2.24) is 5.32 Å². The highest BCUT2D eigenvalue weighted by molar-refractivity contribution is 5.98. The van der Waals surface area contributed by atoms with E-state index in [0.29, 0.717) is 11.6 Å². The molecule has 2 aromatic carbocycles. The molecule has 0 aromatic heterocycles.